The average molecular weight is 312 g/mol. The minimum absolute atomic E-state index is 0.816. The summed E-state index contributed by atoms with van der Waals surface area (Å²) in [6, 6.07) is 6.24. The van der Waals surface area contributed by atoms with Gasteiger partial charge in [-0.25, -0.2) is 0 Å². The summed E-state index contributed by atoms with van der Waals surface area (Å²) in [6.45, 7) is 9.55. The molecule has 0 bridgehead atoms. The third-order valence-electron chi connectivity index (χ3n) is 3.54. The van der Waals surface area contributed by atoms with Crippen molar-refractivity contribution in [3.05, 3.63) is 28.8 Å². The highest BCUT2D eigenvalue weighted by atomic mass is 35.5. The van der Waals surface area contributed by atoms with Gasteiger partial charge in [0.1, 0.15) is 0 Å². The molecule has 120 valence electrons. The maximum absolute atomic E-state index is 6.17. The van der Waals surface area contributed by atoms with Crippen LogP contribution in [-0.2, 0) is 6.54 Å². The van der Waals surface area contributed by atoms with Crippen LogP contribution in [0.25, 0.3) is 0 Å². The van der Waals surface area contributed by atoms with Crippen molar-refractivity contribution in [2.75, 3.05) is 45.2 Å². The number of halogens is 1. The van der Waals surface area contributed by atoms with Gasteiger partial charge in [-0.15, -0.1) is 0 Å². The van der Waals surface area contributed by atoms with Crippen molar-refractivity contribution in [1.29, 1.82) is 0 Å². The van der Waals surface area contributed by atoms with E-state index in [1.54, 1.807) is 0 Å². The third kappa shape index (κ3) is 6.68. The summed E-state index contributed by atoms with van der Waals surface area (Å²) < 4.78 is 0. The third-order valence-corrected chi connectivity index (χ3v) is 3.77. The van der Waals surface area contributed by atoms with Crippen LogP contribution in [-0.4, -0.2) is 45.2 Å². The summed E-state index contributed by atoms with van der Waals surface area (Å²) in [5.41, 5.74) is 2.60. The Bertz CT molecular complexity index is 407. The second-order valence-corrected chi connectivity index (χ2v) is 6.12. The zero-order chi connectivity index (χ0) is 15.7. The normalized spacial score (nSPS) is 11.1. The Hall–Kier alpha value is -0.770. The van der Waals surface area contributed by atoms with Gasteiger partial charge in [0.05, 0.1) is 0 Å². The molecule has 3 nitrogen and oxygen atoms in total. The van der Waals surface area contributed by atoms with E-state index in [9.17, 15) is 0 Å². The quantitative estimate of drug-likeness (QED) is 0.666. The lowest BCUT2D eigenvalue weighted by molar-refractivity contribution is 0.400. The summed E-state index contributed by atoms with van der Waals surface area (Å²) >= 11 is 6.17. The van der Waals surface area contributed by atoms with Gasteiger partial charge in [0.25, 0.3) is 0 Å². The lowest BCUT2D eigenvalue weighted by atomic mass is 10.1. The molecule has 0 heterocycles. The van der Waals surface area contributed by atoms with Crippen LogP contribution in [0.15, 0.2) is 18.2 Å². The molecule has 1 rings (SSSR count). The first-order valence-electron chi connectivity index (χ1n) is 7.97. The standard InChI is InChI=1S/C17H30ClN3/c1-5-10-19-14-15-13-16(18)8-9-17(15)21(6-2)12-7-11-20(3)4/h8-9,13,19H,5-7,10-12,14H2,1-4H3. The zero-order valence-electron chi connectivity index (χ0n) is 14.0. The molecule has 0 spiro atoms. The minimum Gasteiger partial charge on any atom is -0.372 e. The summed E-state index contributed by atoms with van der Waals surface area (Å²) in [5, 5.41) is 4.29. The monoisotopic (exact) mass is 311 g/mol. The molecule has 0 amide bonds. The van der Waals surface area contributed by atoms with Gasteiger partial charge in [0.2, 0.25) is 0 Å². The van der Waals surface area contributed by atoms with Crippen molar-refractivity contribution in [1.82, 2.24) is 10.2 Å². The number of nitrogens with one attached hydrogen (secondary N) is 1. The predicted molar refractivity (Wildman–Crippen MR) is 94.5 cm³/mol. The number of benzene rings is 1. The van der Waals surface area contributed by atoms with E-state index in [0.717, 1.165) is 44.2 Å². The van der Waals surface area contributed by atoms with Gasteiger partial charge in [0, 0.05) is 30.3 Å². The van der Waals surface area contributed by atoms with E-state index in [0.29, 0.717) is 0 Å². The molecule has 0 saturated heterocycles. The van der Waals surface area contributed by atoms with Crippen molar-refractivity contribution in [3.8, 4) is 0 Å². The fourth-order valence-corrected chi connectivity index (χ4v) is 2.63. The van der Waals surface area contributed by atoms with Gasteiger partial charge >= 0.3 is 0 Å². The molecule has 0 aliphatic rings. The predicted octanol–water partition coefficient (Wildman–Crippen LogP) is 3.62. The van der Waals surface area contributed by atoms with E-state index in [4.69, 9.17) is 11.6 Å². The summed E-state index contributed by atoms with van der Waals surface area (Å²) in [7, 11) is 4.25. The van der Waals surface area contributed by atoms with Gasteiger partial charge in [0.15, 0.2) is 0 Å². The van der Waals surface area contributed by atoms with E-state index in [1.165, 1.54) is 17.7 Å². The Labute approximate surface area is 135 Å². The second-order valence-electron chi connectivity index (χ2n) is 5.69. The molecule has 0 unspecified atom stereocenters. The Balaban J connectivity index is 2.76. The van der Waals surface area contributed by atoms with Gasteiger partial charge in [-0.2, -0.15) is 0 Å². The fraction of sp³-hybridized carbons (Fsp3) is 0.647. The molecule has 0 saturated carbocycles. The lowest BCUT2D eigenvalue weighted by Gasteiger charge is -2.27. The van der Waals surface area contributed by atoms with Gasteiger partial charge in [-0.3, -0.25) is 0 Å². The fourth-order valence-electron chi connectivity index (χ4n) is 2.43. The van der Waals surface area contributed by atoms with Crippen molar-refractivity contribution in [2.45, 2.75) is 33.2 Å². The SMILES string of the molecule is CCCNCc1cc(Cl)ccc1N(CC)CCCN(C)C. The molecule has 0 radical (unpaired) electrons. The highest BCUT2D eigenvalue weighted by Gasteiger charge is 2.10. The minimum atomic E-state index is 0.816. The molecule has 0 fully saturated rings. The van der Waals surface area contributed by atoms with Gasteiger partial charge in [-0.1, -0.05) is 18.5 Å². The lowest BCUT2D eigenvalue weighted by Crippen LogP contribution is -2.28. The van der Waals surface area contributed by atoms with Crippen LogP contribution in [0, 0.1) is 0 Å². The molecule has 21 heavy (non-hydrogen) atoms. The van der Waals surface area contributed by atoms with Crippen molar-refractivity contribution < 1.29 is 0 Å². The number of hydrogen-bond donors (Lipinski definition) is 1. The van der Waals surface area contributed by atoms with Crippen LogP contribution in [0.4, 0.5) is 5.69 Å². The number of rotatable bonds is 10. The molecule has 1 aromatic rings. The van der Waals surface area contributed by atoms with Crippen LogP contribution < -0.4 is 10.2 Å². The maximum Gasteiger partial charge on any atom is 0.0412 e. The highest BCUT2D eigenvalue weighted by Crippen LogP contribution is 2.24. The molecular formula is C17H30ClN3. The van der Waals surface area contributed by atoms with E-state index in [-0.39, 0.29) is 0 Å². The molecule has 0 aliphatic heterocycles. The number of anilines is 1. The average Bonchev–Trinajstić information content (AvgIpc) is 2.44. The van der Waals surface area contributed by atoms with Crippen molar-refractivity contribution in [3.63, 3.8) is 0 Å². The highest BCUT2D eigenvalue weighted by molar-refractivity contribution is 6.30. The van der Waals surface area contributed by atoms with E-state index in [2.05, 4.69) is 55.2 Å². The maximum atomic E-state index is 6.17. The first-order chi connectivity index (χ1) is 10.1. The summed E-state index contributed by atoms with van der Waals surface area (Å²) in [6.07, 6.45) is 2.32. The van der Waals surface area contributed by atoms with Crippen LogP contribution >= 0.6 is 11.6 Å². The number of nitrogens with zero attached hydrogens (tertiary/aromatic N) is 2. The van der Waals surface area contributed by atoms with E-state index in [1.807, 2.05) is 6.07 Å². The molecule has 1 aromatic carbocycles. The molecule has 0 aromatic heterocycles. The first kappa shape index (κ1) is 18.3. The topological polar surface area (TPSA) is 18.5 Å². The van der Waals surface area contributed by atoms with E-state index >= 15 is 0 Å². The molecule has 0 atom stereocenters. The zero-order valence-corrected chi connectivity index (χ0v) is 14.7. The Morgan fingerprint density at radius 2 is 1.90 bits per heavy atom. The molecular weight excluding hydrogens is 282 g/mol. The Morgan fingerprint density at radius 1 is 1.14 bits per heavy atom. The van der Waals surface area contributed by atoms with Crippen LogP contribution in [0.1, 0.15) is 32.3 Å². The first-order valence-corrected chi connectivity index (χ1v) is 8.35. The summed E-state index contributed by atoms with van der Waals surface area (Å²) in [5.74, 6) is 0. The van der Waals surface area contributed by atoms with Crippen LogP contribution in [0.2, 0.25) is 5.02 Å². The molecule has 1 N–H and O–H groups in total. The number of hydrogen-bond acceptors (Lipinski definition) is 3. The summed E-state index contributed by atoms with van der Waals surface area (Å²) in [4.78, 5) is 4.68. The van der Waals surface area contributed by atoms with Crippen LogP contribution in [0.5, 0.6) is 0 Å². The van der Waals surface area contributed by atoms with Crippen molar-refractivity contribution >= 4 is 17.3 Å². The van der Waals surface area contributed by atoms with E-state index < -0.39 is 0 Å². The smallest absolute Gasteiger partial charge is 0.0412 e. The second kappa shape index (κ2) is 10.0. The Morgan fingerprint density at radius 3 is 2.52 bits per heavy atom. The largest absolute Gasteiger partial charge is 0.372 e. The molecule has 0 aliphatic carbocycles. The van der Waals surface area contributed by atoms with Crippen LogP contribution in [0.3, 0.4) is 0 Å². The van der Waals surface area contributed by atoms with Gasteiger partial charge in [-0.05, 0) is 70.7 Å². The van der Waals surface area contributed by atoms with Crippen molar-refractivity contribution in [2.24, 2.45) is 0 Å². The van der Waals surface area contributed by atoms with Gasteiger partial charge < -0.3 is 15.1 Å². The Kier molecular flexibility index (Phi) is 8.74. The molecule has 4 heteroatoms.